The molecule has 0 bridgehead atoms. The van der Waals surface area contributed by atoms with Crippen molar-refractivity contribution in [1.29, 1.82) is 0 Å². The summed E-state index contributed by atoms with van der Waals surface area (Å²) >= 11 is 0. The van der Waals surface area contributed by atoms with Crippen molar-refractivity contribution in [1.82, 2.24) is 5.32 Å². The standard InChI is InChI=1S/C25H29NO10P2/c27-24(26-16-8-15-25(28,37(29,30)31)38(32,33)34)21-13-7-14-22(35-17-19-9-3-1-4-10-19)23(21)36-18-20-11-5-2-6-12-20/h1-7,9-14,28H,8,15-18H2,(H,26,27)(H2,29,30,31)(H2,32,33,34)/p-2. The highest BCUT2D eigenvalue weighted by Crippen LogP contribution is 2.65. The number of para-hydroxylation sites is 1. The van der Waals surface area contributed by atoms with E-state index in [1.807, 2.05) is 60.7 Å². The Bertz CT molecular complexity index is 1290. The molecule has 4 N–H and O–H groups in total. The summed E-state index contributed by atoms with van der Waals surface area (Å²) in [6.45, 7) is 0.0395. The summed E-state index contributed by atoms with van der Waals surface area (Å²) in [5.74, 6) is -0.197. The van der Waals surface area contributed by atoms with Crippen molar-refractivity contribution in [2.24, 2.45) is 0 Å². The van der Waals surface area contributed by atoms with Crippen molar-refractivity contribution in [3.63, 3.8) is 0 Å². The van der Waals surface area contributed by atoms with Gasteiger partial charge in [0.15, 0.2) is 31.8 Å². The maximum atomic E-state index is 13.0. The summed E-state index contributed by atoms with van der Waals surface area (Å²) in [5.41, 5.74) is 1.83. The monoisotopic (exact) mass is 563 g/mol. The molecule has 0 fully saturated rings. The summed E-state index contributed by atoms with van der Waals surface area (Å²) < 4.78 is 34.6. The van der Waals surface area contributed by atoms with Crippen LogP contribution in [0.25, 0.3) is 0 Å². The van der Waals surface area contributed by atoms with Crippen LogP contribution >= 0.6 is 15.2 Å². The first-order valence-electron chi connectivity index (χ1n) is 11.5. The molecule has 38 heavy (non-hydrogen) atoms. The van der Waals surface area contributed by atoms with Crippen LogP contribution in [0.4, 0.5) is 0 Å². The lowest BCUT2D eigenvalue weighted by Gasteiger charge is -2.42. The van der Waals surface area contributed by atoms with E-state index in [0.29, 0.717) is 5.75 Å². The second kappa shape index (κ2) is 12.7. The van der Waals surface area contributed by atoms with E-state index in [9.17, 15) is 28.8 Å². The smallest absolute Gasteiger partial charge is 0.255 e. The van der Waals surface area contributed by atoms with E-state index in [1.165, 1.54) is 6.07 Å². The number of aliphatic hydroxyl groups is 1. The molecule has 1 amide bonds. The number of carbonyl (C=O) groups is 1. The fraction of sp³-hybridized carbons (Fsp3) is 0.240. The van der Waals surface area contributed by atoms with E-state index >= 15 is 0 Å². The molecule has 3 aromatic carbocycles. The molecule has 13 heteroatoms. The minimum absolute atomic E-state index is 0.0927. The lowest BCUT2D eigenvalue weighted by Crippen LogP contribution is -2.38. The molecule has 0 radical (unpaired) electrons. The van der Waals surface area contributed by atoms with E-state index in [-0.39, 0.29) is 31.1 Å². The lowest BCUT2D eigenvalue weighted by molar-refractivity contribution is -0.226. The number of benzene rings is 3. The van der Waals surface area contributed by atoms with Crippen molar-refractivity contribution in [2.75, 3.05) is 6.54 Å². The first-order chi connectivity index (χ1) is 17.9. The third-order valence-corrected chi connectivity index (χ3v) is 9.34. The van der Waals surface area contributed by atoms with Gasteiger partial charge in [-0.05, 0) is 36.1 Å². The molecular formula is C25H27NO10P2-2. The van der Waals surface area contributed by atoms with Crippen molar-refractivity contribution in [3.8, 4) is 11.5 Å². The topological polar surface area (TPSA) is 189 Å². The summed E-state index contributed by atoms with van der Waals surface area (Å²) in [7, 11) is -11.8. The van der Waals surface area contributed by atoms with Gasteiger partial charge in [0, 0.05) is 6.54 Å². The highest BCUT2D eigenvalue weighted by Gasteiger charge is 2.46. The Morgan fingerprint density at radius 2 is 1.34 bits per heavy atom. The lowest BCUT2D eigenvalue weighted by atomic mass is 10.1. The molecule has 0 heterocycles. The maximum Gasteiger partial charge on any atom is 0.255 e. The molecule has 0 spiro atoms. The van der Waals surface area contributed by atoms with Crippen LogP contribution in [0.5, 0.6) is 11.5 Å². The molecule has 0 aromatic heterocycles. The van der Waals surface area contributed by atoms with E-state index in [4.69, 9.17) is 19.3 Å². The minimum atomic E-state index is -5.89. The quantitative estimate of drug-likeness (QED) is 0.177. The van der Waals surface area contributed by atoms with Crippen LogP contribution in [0.15, 0.2) is 78.9 Å². The zero-order valence-corrected chi connectivity index (χ0v) is 21.9. The van der Waals surface area contributed by atoms with Crippen LogP contribution in [-0.2, 0) is 22.3 Å². The highest BCUT2D eigenvalue weighted by molar-refractivity contribution is 7.70. The first kappa shape index (κ1) is 29.5. The third kappa shape index (κ3) is 7.52. The number of hydrogen-bond acceptors (Lipinski definition) is 8. The highest BCUT2D eigenvalue weighted by atomic mass is 31.2. The van der Waals surface area contributed by atoms with Gasteiger partial charge in [0.25, 0.3) is 5.91 Å². The van der Waals surface area contributed by atoms with Crippen molar-refractivity contribution < 1.29 is 48.1 Å². The average Bonchev–Trinajstić information content (AvgIpc) is 2.88. The molecule has 0 aliphatic rings. The molecule has 0 aliphatic carbocycles. The fourth-order valence-corrected chi connectivity index (χ4v) is 5.65. The van der Waals surface area contributed by atoms with Gasteiger partial charge in [-0.15, -0.1) is 0 Å². The number of hydrogen-bond donors (Lipinski definition) is 4. The van der Waals surface area contributed by atoms with E-state index in [1.54, 1.807) is 12.1 Å². The normalized spacial score (nSPS) is 15.9. The molecule has 3 rings (SSSR count). The molecule has 2 atom stereocenters. The van der Waals surface area contributed by atoms with Crippen LogP contribution in [0.2, 0.25) is 0 Å². The Kier molecular flexibility index (Phi) is 9.87. The number of nitrogens with one attached hydrogen (secondary N) is 1. The average molecular weight is 563 g/mol. The van der Waals surface area contributed by atoms with Gasteiger partial charge in [-0.3, -0.25) is 4.79 Å². The minimum Gasteiger partial charge on any atom is -0.776 e. The van der Waals surface area contributed by atoms with E-state index < -0.39 is 39.0 Å². The van der Waals surface area contributed by atoms with Gasteiger partial charge in [0.1, 0.15) is 13.2 Å². The van der Waals surface area contributed by atoms with Gasteiger partial charge < -0.3 is 48.6 Å². The molecule has 3 aromatic rings. The largest absolute Gasteiger partial charge is 0.776 e. The summed E-state index contributed by atoms with van der Waals surface area (Å²) in [5, 5.41) is 8.60. The predicted octanol–water partition coefficient (Wildman–Crippen LogP) is 2.09. The van der Waals surface area contributed by atoms with Crippen LogP contribution in [0, 0.1) is 0 Å². The summed E-state index contributed by atoms with van der Waals surface area (Å²) in [4.78, 5) is 53.9. The Balaban J connectivity index is 1.75. The number of rotatable bonds is 13. The van der Waals surface area contributed by atoms with Gasteiger partial charge in [-0.1, -0.05) is 66.7 Å². The van der Waals surface area contributed by atoms with E-state index in [0.717, 1.165) is 11.1 Å². The van der Waals surface area contributed by atoms with Crippen molar-refractivity contribution in [3.05, 3.63) is 95.6 Å². The Labute approximate surface area is 219 Å². The molecule has 0 saturated carbocycles. The molecule has 204 valence electrons. The number of carbonyl (C=O) groups excluding carboxylic acids is 1. The molecule has 11 nitrogen and oxygen atoms in total. The van der Waals surface area contributed by atoms with Gasteiger partial charge >= 0.3 is 0 Å². The third-order valence-electron chi connectivity index (χ3n) is 5.57. The number of ether oxygens (including phenoxy) is 2. The summed E-state index contributed by atoms with van der Waals surface area (Å²) in [6.07, 6.45) is -1.48. The SMILES string of the molecule is O=C(NCCCC(O)(P(=O)([O-])O)P(=O)([O-])O)c1cccc(OCc2ccccc2)c1OCc1ccccc1. The zero-order chi connectivity index (χ0) is 27.8. The molecule has 0 aliphatic heterocycles. The van der Waals surface area contributed by atoms with Gasteiger partial charge in [0.2, 0.25) is 0 Å². The Hall–Kier alpha value is -3.01. The van der Waals surface area contributed by atoms with Gasteiger partial charge in [0.05, 0.1) is 5.56 Å². The fourth-order valence-electron chi connectivity index (χ4n) is 3.49. The summed E-state index contributed by atoms with van der Waals surface area (Å²) in [6, 6.07) is 23.3. The first-order valence-corrected chi connectivity index (χ1v) is 14.6. The zero-order valence-electron chi connectivity index (χ0n) is 20.1. The van der Waals surface area contributed by atoms with Crippen molar-refractivity contribution in [2.45, 2.75) is 31.1 Å². The van der Waals surface area contributed by atoms with Crippen LogP contribution in [0.3, 0.4) is 0 Å². The van der Waals surface area contributed by atoms with Crippen molar-refractivity contribution >= 4 is 21.1 Å². The second-order valence-corrected chi connectivity index (χ2v) is 12.3. The van der Waals surface area contributed by atoms with Gasteiger partial charge in [-0.2, -0.15) is 0 Å². The van der Waals surface area contributed by atoms with Gasteiger partial charge in [-0.25, -0.2) is 0 Å². The number of amides is 1. The predicted molar refractivity (Wildman–Crippen MR) is 134 cm³/mol. The molecular weight excluding hydrogens is 536 g/mol. The van der Waals surface area contributed by atoms with E-state index in [2.05, 4.69) is 5.32 Å². The Morgan fingerprint density at radius 3 is 1.87 bits per heavy atom. The van der Waals surface area contributed by atoms with Crippen LogP contribution < -0.4 is 24.6 Å². The Morgan fingerprint density at radius 1 is 0.816 bits per heavy atom. The van der Waals surface area contributed by atoms with Crippen LogP contribution in [-0.4, -0.2) is 32.4 Å². The molecule has 2 unspecified atom stereocenters. The van der Waals surface area contributed by atoms with Crippen LogP contribution in [0.1, 0.15) is 34.3 Å². The second-order valence-electron chi connectivity index (χ2n) is 8.36. The molecule has 0 saturated heterocycles. The maximum absolute atomic E-state index is 13.0.